The van der Waals surface area contributed by atoms with Crippen LogP contribution in [0.15, 0.2) is 29.3 Å². The minimum atomic E-state index is -3.60. The molecule has 1 aliphatic rings. The number of thiazole rings is 1. The number of hydrogen-bond donors (Lipinski definition) is 1. The Morgan fingerprint density at radius 2 is 1.80 bits per heavy atom. The van der Waals surface area contributed by atoms with E-state index >= 15 is 0 Å². The molecule has 1 N–H and O–H groups in total. The molecule has 1 fully saturated rings. The van der Waals surface area contributed by atoms with Crippen LogP contribution in [0.1, 0.15) is 28.8 Å². The van der Waals surface area contributed by atoms with Gasteiger partial charge in [0.1, 0.15) is 0 Å². The van der Waals surface area contributed by atoms with Crippen molar-refractivity contribution < 1.29 is 18.0 Å². The molecule has 1 aliphatic heterocycles. The number of nitrogens with zero attached hydrogens (tertiary/aromatic N) is 3. The zero-order chi connectivity index (χ0) is 21.9. The molecule has 30 heavy (non-hydrogen) atoms. The van der Waals surface area contributed by atoms with E-state index in [4.69, 9.17) is 0 Å². The van der Waals surface area contributed by atoms with E-state index in [1.165, 1.54) is 15.6 Å². The van der Waals surface area contributed by atoms with Gasteiger partial charge < -0.3 is 10.2 Å². The zero-order valence-corrected chi connectivity index (χ0v) is 19.0. The van der Waals surface area contributed by atoms with Crippen molar-refractivity contribution in [2.75, 3.05) is 31.5 Å². The molecule has 1 aromatic carbocycles. The third-order valence-electron chi connectivity index (χ3n) is 4.99. The first-order chi connectivity index (χ1) is 14.2. The number of aromatic nitrogens is 1. The molecule has 0 spiro atoms. The lowest BCUT2D eigenvalue weighted by Crippen LogP contribution is -2.50. The van der Waals surface area contributed by atoms with Crippen LogP contribution in [-0.4, -0.2) is 60.6 Å². The highest BCUT2D eigenvalue weighted by Crippen LogP contribution is 2.23. The summed E-state index contributed by atoms with van der Waals surface area (Å²) in [5.74, 6) is -0.405. The van der Waals surface area contributed by atoms with E-state index in [0.29, 0.717) is 28.7 Å². The Morgan fingerprint density at radius 3 is 2.43 bits per heavy atom. The molecule has 0 bridgehead atoms. The van der Waals surface area contributed by atoms with Crippen molar-refractivity contribution in [1.29, 1.82) is 0 Å². The monoisotopic (exact) mass is 450 g/mol. The highest BCUT2D eigenvalue weighted by Gasteiger charge is 2.31. The van der Waals surface area contributed by atoms with Crippen LogP contribution in [0.25, 0.3) is 0 Å². The van der Waals surface area contributed by atoms with Crippen molar-refractivity contribution in [2.45, 2.75) is 38.5 Å². The number of amides is 2. The first-order valence-corrected chi connectivity index (χ1v) is 12.0. The molecule has 0 aliphatic carbocycles. The molecular weight excluding hydrogens is 424 g/mol. The molecule has 0 radical (unpaired) electrons. The molecular formula is C20H26N4O4S2. The summed E-state index contributed by atoms with van der Waals surface area (Å²) in [6, 6.07) is 5.38. The largest absolute Gasteiger partial charge is 0.340 e. The van der Waals surface area contributed by atoms with Gasteiger partial charge in [0.15, 0.2) is 5.13 Å². The van der Waals surface area contributed by atoms with Gasteiger partial charge in [0.25, 0.3) is 0 Å². The first kappa shape index (κ1) is 22.4. The number of carbonyl (C=O) groups is 2. The second-order valence-corrected chi connectivity index (χ2v) is 10.5. The van der Waals surface area contributed by atoms with Gasteiger partial charge in [-0.3, -0.25) is 9.59 Å². The lowest BCUT2D eigenvalue weighted by Gasteiger charge is -2.34. The molecule has 2 aromatic rings. The molecule has 10 heteroatoms. The van der Waals surface area contributed by atoms with Crippen molar-refractivity contribution in [2.24, 2.45) is 0 Å². The lowest BCUT2D eigenvalue weighted by atomic mass is 10.2. The van der Waals surface area contributed by atoms with Crippen LogP contribution in [0.2, 0.25) is 0 Å². The van der Waals surface area contributed by atoms with Crippen LogP contribution >= 0.6 is 11.3 Å². The summed E-state index contributed by atoms with van der Waals surface area (Å²) in [6.07, 6.45) is 1.83. The number of benzene rings is 1. The molecule has 162 valence electrons. The Kier molecular flexibility index (Phi) is 6.89. The standard InChI is InChI=1S/C20H26N4O4S2/c1-14-4-5-15(2)17(12-14)30(27,28)24-10-8-23(9-11-24)19(26)7-6-18(25)22-20-21-13-16(3)29-20/h4-5,12-13H,6-11H2,1-3H3,(H,21,22,25). The Morgan fingerprint density at radius 1 is 1.10 bits per heavy atom. The smallest absolute Gasteiger partial charge is 0.243 e. The molecule has 2 amide bonds. The number of hydrogen-bond acceptors (Lipinski definition) is 6. The number of carbonyl (C=O) groups excluding carboxylic acids is 2. The quantitative estimate of drug-likeness (QED) is 0.728. The maximum Gasteiger partial charge on any atom is 0.243 e. The van der Waals surface area contributed by atoms with Crippen molar-refractivity contribution in [1.82, 2.24) is 14.2 Å². The summed E-state index contributed by atoms with van der Waals surface area (Å²) in [5, 5.41) is 3.21. The van der Waals surface area contributed by atoms with Crippen LogP contribution in [0.3, 0.4) is 0 Å². The molecule has 8 nitrogen and oxygen atoms in total. The van der Waals surface area contributed by atoms with Gasteiger partial charge in [0, 0.05) is 50.1 Å². The third kappa shape index (κ3) is 5.24. The number of aryl methyl sites for hydroxylation is 3. The summed E-state index contributed by atoms with van der Waals surface area (Å²) < 4.78 is 27.4. The predicted octanol–water partition coefficient (Wildman–Crippen LogP) is 2.32. The number of rotatable bonds is 6. The van der Waals surface area contributed by atoms with Crippen molar-refractivity contribution in [3.8, 4) is 0 Å². The van der Waals surface area contributed by atoms with Crippen LogP contribution in [0.4, 0.5) is 5.13 Å². The van der Waals surface area contributed by atoms with Gasteiger partial charge in [-0.15, -0.1) is 11.3 Å². The second-order valence-electron chi connectivity index (χ2n) is 7.38. The average molecular weight is 451 g/mol. The van der Waals surface area contributed by atoms with E-state index in [1.54, 1.807) is 30.2 Å². The predicted molar refractivity (Wildman–Crippen MR) is 116 cm³/mol. The molecule has 1 saturated heterocycles. The van der Waals surface area contributed by atoms with E-state index in [2.05, 4.69) is 10.3 Å². The average Bonchev–Trinajstić information content (AvgIpc) is 3.12. The van der Waals surface area contributed by atoms with Gasteiger partial charge in [-0.2, -0.15) is 4.31 Å². The van der Waals surface area contributed by atoms with Crippen LogP contribution in [0.5, 0.6) is 0 Å². The van der Waals surface area contributed by atoms with Crippen molar-refractivity contribution in [3.63, 3.8) is 0 Å². The van der Waals surface area contributed by atoms with Gasteiger partial charge in [0.2, 0.25) is 21.8 Å². The van der Waals surface area contributed by atoms with E-state index in [1.807, 2.05) is 19.9 Å². The summed E-state index contributed by atoms with van der Waals surface area (Å²) >= 11 is 1.38. The number of anilines is 1. The Bertz CT molecular complexity index is 1040. The van der Waals surface area contributed by atoms with Crippen molar-refractivity contribution >= 4 is 38.3 Å². The molecule has 0 saturated carbocycles. The minimum Gasteiger partial charge on any atom is -0.340 e. The summed E-state index contributed by atoms with van der Waals surface area (Å²) in [4.78, 5) is 31.5. The topological polar surface area (TPSA) is 99.7 Å². The van der Waals surface area contributed by atoms with Crippen LogP contribution < -0.4 is 5.32 Å². The maximum atomic E-state index is 13.0. The number of sulfonamides is 1. The molecule has 3 rings (SSSR count). The number of piperazine rings is 1. The summed E-state index contributed by atoms with van der Waals surface area (Å²) in [6.45, 7) is 6.66. The SMILES string of the molecule is Cc1ccc(C)c(S(=O)(=O)N2CCN(C(=O)CCC(=O)Nc3ncc(C)s3)CC2)c1. The van der Waals surface area contributed by atoms with Gasteiger partial charge in [-0.05, 0) is 38.0 Å². The van der Waals surface area contributed by atoms with Crippen LogP contribution in [0, 0.1) is 20.8 Å². The van der Waals surface area contributed by atoms with Crippen LogP contribution in [-0.2, 0) is 19.6 Å². The van der Waals surface area contributed by atoms with Gasteiger partial charge in [0.05, 0.1) is 4.90 Å². The first-order valence-electron chi connectivity index (χ1n) is 9.74. The van der Waals surface area contributed by atoms with Crippen molar-refractivity contribution in [3.05, 3.63) is 40.4 Å². The molecule has 0 unspecified atom stereocenters. The lowest BCUT2D eigenvalue weighted by molar-refractivity contribution is -0.133. The van der Waals surface area contributed by atoms with Gasteiger partial charge in [-0.25, -0.2) is 13.4 Å². The Balaban J connectivity index is 1.51. The highest BCUT2D eigenvalue weighted by atomic mass is 32.2. The molecule has 2 heterocycles. The van der Waals surface area contributed by atoms with Gasteiger partial charge >= 0.3 is 0 Å². The summed E-state index contributed by atoms with van der Waals surface area (Å²) in [7, 11) is -3.60. The zero-order valence-electron chi connectivity index (χ0n) is 17.3. The fourth-order valence-electron chi connectivity index (χ4n) is 3.28. The Hall–Kier alpha value is -2.30. The van der Waals surface area contributed by atoms with Gasteiger partial charge in [-0.1, -0.05) is 12.1 Å². The molecule has 0 atom stereocenters. The van der Waals surface area contributed by atoms with E-state index in [9.17, 15) is 18.0 Å². The number of nitrogens with one attached hydrogen (secondary N) is 1. The van der Waals surface area contributed by atoms with E-state index in [-0.39, 0.29) is 37.7 Å². The third-order valence-corrected chi connectivity index (χ3v) is 7.86. The minimum absolute atomic E-state index is 0.0679. The van der Waals surface area contributed by atoms with E-state index < -0.39 is 10.0 Å². The highest BCUT2D eigenvalue weighted by molar-refractivity contribution is 7.89. The maximum absolute atomic E-state index is 13.0. The molecule has 1 aromatic heterocycles. The fourth-order valence-corrected chi connectivity index (χ4v) is 5.69. The summed E-state index contributed by atoms with van der Waals surface area (Å²) in [5.41, 5.74) is 1.60. The van der Waals surface area contributed by atoms with E-state index in [0.717, 1.165) is 10.4 Å². The second kappa shape index (κ2) is 9.23. The normalized spacial score (nSPS) is 15.2. The Labute approximate surface area is 181 Å². The fraction of sp³-hybridized carbons (Fsp3) is 0.450.